The molecule has 3 rings (SSSR count). The lowest BCUT2D eigenvalue weighted by Gasteiger charge is -2.16. The first-order chi connectivity index (χ1) is 11.1. The van der Waals surface area contributed by atoms with Crippen molar-refractivity contribution in [2.75, 3.05) is 11.9 Å². The van der Waals surface area contributed by atoms with Gasteiger partial charge in [-0.25, -0.2) is 4.79 Å². The van der Waals surface area contributed by atoms with Gasteiger partial charge in [0, 0.05) is 10.6 Å². The first-order valence-electron chi connectivity index (χ1n) is 7.75. The van der Waals surface area contributed by atoms with Gasteiger partial charge < -0.3 is 10.1 Å². The molecular formula is C18H19NO3S. The van der Waals surface area contributed by atoms with Crippen LogP contribution in [0.1, 0.15) is 33.5 Å². The number of nitrogens with one attached hydrogen (secondary N) is 1. The highest BCUT2D eigenvalue weighted by molar-refractivity contribution is 7.14. The predicted molar refractivity (Wildman–Crippen MR) is 90.9 cm³/mol. The van der Waals surface area contributed by atoms with Crippen molar-refractivity contribution in [1.82, 2.24) is 0 Å². The quantitative estimate of drug-likeness (QED) is 0.871. The molecule has 1 aliphatic carbocycles. The molecular weight excluding hydrogens is 310 g/mol. The van der Waals surface area contributed by atoms with Gasteiger partial charge in [-0.2, -0.15) is 0 Å². The maximum atomic E-state index is 12.1. The Morgan fingerprint density at radius 3 is 2.87 bits per heavy atom. The lowest BCUT2D eigenvalue weighted by molar-refractivity contribution is -0.119. The van der Waals surface area contributed by atoms with Crippen LogP contribution in [-0.2, 0) is 22.4 Å². The number of ether oxygens (including phenoxy) is 1. The second-order valence-corrected chi connectivity index (χ2v) is 7.03. The summed E-state index contributed by atoms with van der Waals surface area (Å²) >= 11 is 1.49. The predicted octanol–water partition coefficient (Wildman–Crippen LogP) is 3.67. The third-order valence-corrected chi connectivity index (χ3v) is 5.14. The Hall–Kier alpha value is -2.14. The summed E-state index contributed by atoms with van der Waals surface area (Å²) in [7, 11) is 0. The Balaban J connectivity index is 1.54. The fourth-order valence-electron chi connectivity index (χ4n) is 2.73. The molecule has 0 saturated heterocycles. The Morgan fingerprint density at radius 1 is 1.30 bits per heavy atom. The van der Waals surface area contributed by atoms with Crippen LogP contribution in [0, 0.1) is 5.92 Å². The number of anilines is 1. The van der Waals surface area contributed by atoms with E-state index >= 15 is 0 Å². The molecule has 1 atom stereocenters. The zero-order valence-electron chi connectivity index (χ0n) is 13.0. The maximum absolute atomic E-state index is 12.1. The van der Waals surface area contributed by atoms with Gasteiger partial charge in [-0.15, -0.1) is 11.3 Å². The minimum Gasteiger partial charge on any atom is -0.451 e. The Labute approximate surface area is 139 Å². The smallest absolute Gasteiger partial charge is 0.348 e. The van der Waals surface area contributed by atoms with Crippen LogP contribution in [-0.4, -0.2) is 18.5 Å². The number of carbonyl (C=O) groups is 2. The molecule has 1 heterocycles. The number of rotatable bonds is 4. The van der Waals surface area contributed by atoms with Gasteiger partial charge in [-0.05, 0) is 48.9 Å². The van der Waals surface area contributed by atoms with E-state index in [2.05, 4.69) is 12.2 Å². The summed E-state index contributed by atoms with van der Waals surface area (Å²) in [6.45, 7) is 1.96. The molecule has 1 aromatic carbocycles. The molecule has 2 aromatic rings. The van der Waals surface area contributed by atoms with E-state index in [9.17, 15) is 9.59 Å². The van der Waals surface area contributed by atoms with E-state index in [-0.39, 0.29) is 12.5 Å². The van der Waals surface area contributed by atoms with E-state index in [0.29, 0.717) is 16.5 Å². The van der Waals surface area contributed by atoms with Crippen molar-refractivity contribution in [3.05, 3.63) is 51.7 Å². The standard InChI is InChI=1S/C18H19NO3S/c1-12-7-8-15-13(9-12)10-16(23-15)18(21)22-11-17(20)19-14-5-3-2-4-6-14/h2-6,10,12H,7-9,11H2,1H3,(H,19,20)/t12-/m1/s1. The molecule has 0 unspecified atom stereocenters. The fraction of sp³-hybridized carbons (Fsp3) is 0.333. The first kappa shape index (κ1) is 15.7. The highest BCUT2D eigenvalue weighted by atomic mass is 32.1. The SMILES string of the molecule is C[C@@H]1CCc2sc(C(=O)OCC(=O)Nc3ccccc3)cc2C1. The average Bonchev–Trinajstić information content (AvgIpc) is 2.96. The molecule has 4 nitrogen and oxygen atoms in total. The molecule has 1 aromatic heterocycles. The van der Waals surface area contributed by atoms with Gasteiger partial charge in [-0.3, -0.25) is 4.79 Å². The maximum Gasteiger partial charge on any atom is 0.348 e. The molecule has 1 aliphatic rings. The minimum absolute atomic E-state index is 0.271. The van der Waals surface area contributed by atoms with E-state index in [1.807, 2.05) is 24.3 Å². The molecule has 1 N–H and O–H groups in total. The fourth-order valence-corrected chi connectivity index (χ4v) is 3.83. The van der Waals surface area contributed by atoms with Crippen LogP contribution >= 0.6 is 11.3 Å². The number of hydrogen-bond donors (Lipinski definition) is 1. The van der Waals surface area contributed by atoms with Crippen molar-refractivity contribution in [2.45, 2.75) is 26.2 Å². The third kappa shape index (κ3) is 3.99. The number of thiophene rings is 1. The molecule has 5 heteroatoms. The molecule has 0 fully saturated rings. The summed E-state index contributed by atoms with van der Waals surface area (Å²) in [4.78, 5) is 25.8. The summed E-state index contributed by atoms with van der Waals surface area (Å²) in [5, 5.41) is 2.69. The lowest BCUT2D eigenvalue weighted by atomic mass is 9.90. The van der Waals surface area contributed by atoms with Crippen LogP contribution in [0.5, 0.6) is 0 Å². The monoisotopic (exact) mass is 329 g/mol. The number of amides is 1. The highest BCUT2D eigenvalue weighted by Gasteiger charge is 2.21. The summed E-state index contributed by atoms with van der Waals surface area (Å²) < 4.78 is 5.13. The first-order valence-corrected chi connectivity index (χ1v) is 8.57. The van der Waals surface area contributed by atoms with Gasteiger partial charge in [0.25, 0.3) is 5.91 Å². The molecule has 0 bridgehead atoms. The van der Waals surface area contributed by atoms with Gasteiger partial charge in [0.1, 0.15) is 4.88 Å². The Bertz CT molecular complexity index is 708. The van der Waals surface area contributed by atoms with Crippen LogP contribution in [0.4, 0.5) is 5.69 Å². The van der Waals surface area contributed by atoms with E-state index in [4.69, 9.17) is 4.74 Å². The normalized spacial score (nSPS) is 16.5. The molecule has 120 valence electrons. The molecule has 1 amide bonds. The zero-order chi connectivity index (χ0) is 16.2. The van der Waals surface area contributed by atoms with Crippen molar-refractivity contribution in [3.63, 3.8) is 0 Å². The Morgan fingerprint density at radius 2 is 2.09 bits per heavy atom. The Kier molecular flexibility index (Phi) is 4.76. The van der Waals surface area contributed by atoms with Crippen molar-refractivity contribution >= 4 is 28.9 Å². The molecule has 0 radical (unpaired) electrons. The van der Waals surface area contributed by atoms with Crippen molar-refractivity contribution < 1.29 is 14.3 Å². The van der Waals surface area contributed by atoms with Gasteiger partial charge in [0.2, 0.25) is 0 Å². The molecule has 23 heavy (non-hydrogen) atoms. The number of esters is 1. The van der Waals surface area contributed by atoms with Gasteiger partial charge >= 0.3 is 5.97 Å². The molecule has 0 aliphatic heterocycles. The lowest BCUT2D eigenvalue weighted by Crippen LogP contribution is -2.20. The number of benzene rings is 1. The summed E-state index contributed by atoms with van der Waals surface area (Å²) in [5.41, 5.74) is 1.95. The van der Waals surface area contributed by atoms with Crippen molar-refractivity contribution in [3.8, 4) is 0 Å². The second-order valence-electron chi connectivity index (χ2n) is 5.90. The number of carbonyl (C=O) groups excluding carboxylic acids is 2. The number of hydrogen-bond acceptors (Lipinski definition) is 4. The van der Waals surface area contributed by atoms with Crippen LogP contribution in [0.25, 0.3) is 0 Å². The number of aryl methyl sites for hydroxylation is 1. The van der Waals surface area contributed by atoms with E-state index in [0.717, 1.165) is 12.8 Å². The van der Waals surface area contributed by atoms with Crippen LogP contribution < -0.4 is 5.32 Å². The topological polar surface area (TPSA) is 55.4 Å². The van der Waals surface area contributed by atoms with Crippen LogP contribution in [0.2, 0.25) is 0 Å². The molecule has 0 saturated carbocycles. The zero-order valence-corrected chi connectivity index (χ0v) is 13.8. The van der Waals surface area contributed by atoms with Gasteiger partial charge in [0.05, 0.1) is 0 Å². The third-order valence-electron chi connectivity index (χ3n) is 3.92. The highest BCUT2D eigenvalue weighted by Crippen LogP contribution is 2.32. The summed E-state index contributed by atoms with van der Waals surface area (Å²) in [6, 6.07) is 11.0. The summed E-state index contributed by atoms with van der Waals surface area (Å²) in [5.74, 6) is -0.0858. The van der Waals surface area contributed by atoms with E-state index in [1.54, 1.807) is 12.1 Å². The average molecular weight is 329 g/mol. The van der Waals surface area contributed by atoms with E-state index < -0.39 is 5.97 Å². The number of fused-ring (bicyclic) bond motifs is 1. The van der Waals surface area contributed by atoms with Gasteiger partial charge in [-0.1, -0.05) is 25.1 Å². The van der Waals surface area contributed by atoms with E-state index in [1.165, 1.54) is 28.2 Å². The molecule has 0 spiro atoms. The number of para-hydroxylation sites is 1. The summed E-state index contributed by atoms with van der Waals surface area (Å²) in [6.07, 6.45) is 3.22. The van der Waals surface area contributed by atoms with Crippen LogP contribution in [0.15, 0.2) is 36.4 Å². The second kappa shape index (κ2) is 6.96. The van der Waals surface area contributed by atoms with Crippen molar-refractivity contribution in [2.24, 2.45) is 5.92 Å². The van der Waals surface area contributed by atoms with Crippen molar-refractivity contribution in [1.29, 1.82) is 0 Å². The van der Waals surface area contributed by atoms with Gasteiger partial charge in [0.15, 0.2) is 6.61 Å². The largest absolute Gasteiger partial charge is 0.451 e. The van der Waals surface area contributed by atoms with Crippen LogP contribution in [0.3, 0.4) is 0 Å². The minimum atomic E-state index is -0.416.